The molecule has 0 radical (unpaired) electrons. The average molecular weight is 475 g/mol. The molecular formula is C22H31ClN6O2Si. The molecule has 10 heteroatoms. The molecule has 4 heterocycles. The summed E-state index contributed by atoms with van der Waals surface area (Å²) >= 11 is 6.19. The van der Waals surface area contributed by atoms with Crippen molar-refractivity contribution in [1.82, 2.24) is 29.3 Å². The molecular weight excluding hydrogens is 444 g/mol. The summed E-state index contributed by atoms with van der Waals surface area (Å²) in [7, 11) is -1.13. The highest BCUT2D eigenvalue weighted by Crippen LogP contribution is 2.40. The Morgan fingerprint density at radius 2 is 2.00 bits per heavy atom. The van der Waals surface area contributed by atoms with E-state index in [4.69, 9.17) is 31.0 Å². The number of aromatic nitrogens is 6. The van der Waals surface area contributed by atoms with Gasteiger partial charge in [-0.05, 0) is 31.4 Å². The van der Waals surface area contributed by atoms with Crippen LogP contribution < -0.4 is 0 Å². The molecule has 0 amide bonds. The molecule has 8 nitrogen and oxygen atoms in total. The van der Waals surface area contributed by atoms with Crippen LogP contribution in [0.5, 0.6) is 0 Å². The lowest BCUT2D eigenvalue weighted by atomic mass is 10.2. The van der Waals surface area contributed by atoms with Crippen LogP contribution in [0.3, 0.4) is 0 Å². The molecule has 1 saturated carbocycles. The molecule has 0 spiro atoms. The van der Waals surface area contributed by atoms with Crippen molar-refractivity contribution in [1.29, 1.82) is 0 Å². The molecule has 1 unspecified atom stereocenters. The monoisotopic (exact) mass is 474 g/mol. The van der Waals surface area contributed by atoms with Gasteiger partial charge in [-0.2, -0.15) is 0 Å². The zero-order chi connectivity index (χ0) is 22.3. The maximum atomic E-state index is 6.19. The second-order valence-corrected chi connectivity index (χ2v) is 15.9. The first-order valence-corrected chi connectivity index (χ1v) is 15.7. The first-order chi connectivity index (χ1) is 15.4. The summed E-state index contributed by atoms with van der Waals surface area (Å²) in [5.41, 5.74) is 2.55. The SMILES string of the molecule is C[Si](C)(C)CCOCn1c(-c2cnc3c(c2)nc(CCl)n3CC2CCO2)nnc1C1CC1. The molecule has 1 saturated heterocycles. The highest BCUT2D eigenvalue weighted by Gasteiger charge is 2.31. The van der Waals surface area contributed by atoms with Crippen LogP contribution in [0.2, 0.25) is 25.7 Å². The summed E-state index contributed by atoms with van der Waals surface area (Å²) < 4.78 is 15.9. The van der Waals surface area contributed by atoms with E-state index in [9.17, 15) is 0 Å². The summed E-state index contributed by atoms with van der Waals surface area (Å²) in [5, 5.41) is 9.03. The third-order valence-corrected chi connectivity index (χ3v) is 8.10. The van der Waals surface area contributed by atoms with Gasteiger partial charge in [0.05, 0.1) is 18.5 Å². The lowest BCUT2D eigenvalue weighted by molar-refractivity contribution is -0.0590. The van der Waals surface area contributed by atoms with Gasteiger partial charge in [0.2, 0.25) is 0 Å². The van der Waals surface area contributed by atoms with Gasteiger partial charge >= 0.3 is 0 Å². The van der Waals surface area contributed by atoms with Gasteiger partial charge in [-0.1, -0.05) is 19.6 Å². The molecule has 1 aliphatic heterocycles. The molecule has 3 aromatic heterocycles. The van der Waals surface area contributed by atoms with E-state index in [0.29, 0.717) is 18.5 Å². The van der Waals surface area contributed by atoms with Crippen molar-refractivity contribution in [2.45, 2.75) is 76.1 Å². The van der Waals surface area contributed by atoms with Gasteiger partial charge in [-0.15, -0.1) is 21.8 Å². The van der Waals surface area contributed by atoms with Crippen LogP contribution in [0.4, 0.5) is 0 Å². The molecule has 0 aromatic carbocycles. The Morgan fingerprint density at radius 1 is 1.19 bits per heavy atom. The van der Waals surface area contributed by atoms with Crippen LogP contribution in [-0.2, 0) is 28.6 Å². The number of alkyl halides is 1. The Labute approximate surface area is 194 Å². The van der Waals surface area contributed by atoms with Crippen LogP contribution in [0, 0.1) is 0 Å². The summed E-state index contributed by atoms with van der Waals surface area (Å²) in [4.78, 5) is 9.49. The van der Waals surface area contributed by atoms with E-state index in [-0.39, 0.29) is 6.10 Å². The van der Waals surface area contributed by atoms with E-state index in [1.807, 2.05) is 12.3 Å². The fourth-order valence-electron chi connectivity index (χ4n) is 3.94. The Morgan fingerprint density at radius 3 is 2.66 bits per heavy atom. The van der Waals surface area contributed by atoms with Crippen molar-refractivity contribution in [3.8, 4) is 11.4 Å². The molecule has 5 rings (SSSR count). The van der Waals surface area contributed by atoms with Crippen LogP contribution in [-0.4, -0.2) is 56.7 Å². The molecule has 0 N–H and O–H groups in total. The summed E-state index contributed by atoms with van der Waals surface area (Å²) in [5.74, 6) is 3.45. The minimum atomic E-state index is -1.13. The molecule has 3 aromatic rings. The molecule has 1 aliphatic carbocycles. The van der Waals surface area contributed by atoms with Crippen molar-refractivity contribution in [3.63, 3.8) is 0 Å². The maximum absolute atomic E-state index is 6.19. The number of halogens is 1. The molecule has 2 aliphatic rings. The number of imidazole rings is 1. The molecule has 1 atom stereocenters. The lowest BCUT2D eigenvalue weighted by Gasteiger charge is -2.27. The zero-order valence-corrected chi connectivity index (χ0v) is 20.8. The van der Waals surface area contributed by atoms with Crippen LogP contribution in [0.1, 0.15) is 36.8 Å². The summed E-state index contributed by atoms with van der Waals surface area (Å²) in [6, 6.07) is 3.18. The largest absolute Gasteiger partial charge is 0.376 e. The minimum absolute atomic E-state index is 0.216. The topological polar surface area (TPSA) is 79.9 Å². The number of fused-ring (bicyclic) bond motifs is 1. The van der Waals surface area contributed by atoms with E-state index in [2.05, 4.69) is 39.0 Å². The molecule has 172 valence electrons. The summed E-state index contributed by atoms with van der Waals surface area (Å²) in [6.45, 7) is 9.88. The van der Waals surface area contributed by atoms with Gasteiger partial charge in [0, 0.05) is 39.0 Å². The zero-order valence-electron chi connectivity index (χ0n) is 19.1. The number of nitrogens with zero attached hydrogens (tertiary/aromatic N) is 6. The van der Waals surface area contributed by atoms with Gasteiger partial charge in [-0.25, -0.2) is 9.97 Å². The average Bonchev–Trinajstić information content (AvgIpc) is 3.38. The van der Waals surface area contributed by atoms with E-state index in [1.165, 1.54) is 0 Å². The third kappa shape index (κ3) is 4.62. The maximum Gasteiger partial charge on any atom is 0.167 e. The highest BCUT2D eigenvalue weighted by atomic mass is 35.5. The predicted octanol–water partition coefficient (Wildman–Crippen LogP) is 4.41. The van der Waals surface area contributed by atoms with Gasteiger partial charge in [0.25, 0.3) is 0 Å². The van der Waals surface area contributed by atoms with Crippen LogP contribution >= 0.6 is 11.6 Å². The van der Waals surface area contributed by atoms with E-state index >= 15 is 0 Å². The van der Waals surface area contributed by atoms with E-state index in [0.717, 1.165) is 79.3 Å². The Hall–Kier alpha value is -1.81. The Bertz CT molecular complexity index is 1100. The highest BCUT2D eigenvalue weighted by molar-refractivity contribution is 6.76. The minimum Gasteiger partial charge on any atom is -0.376 e. The number of rotatable bonds is 10. The first-order valence-electron chi connectivity index (χ1n) is 11.5. The number of hydrogen-bond donors (Lipinski definition) is 0. The Kier molecular flexibility index (Phi) is 6.09. The molecule has 2 fully saturated rings. The quantitative estimate of drug-likeness (QED) is 0.246. The van der Waals surface area contributed by atoms with Gasteiger partial charge in [0.1, 0.15) is 23.9 Å². The lowest BCUT2D eigenvalue weighted by Crippen LogP contribution is -2.31. The van der Waals surface area contributed by atoms with Crippen molar-refractivity contribution in [2.24, 2.45) is 0 Å². The number of hydrogen-bond acceptors (Lipinski definition) is 6. The van der Waals surface area contributed by atoms with Gasteiger partial charge in [0.15, 0.2) is 11.5 Å². The second-order valence-electron chi connectivity index (χ2n) is 10.1. The fourth-order valence-corrected chi connectivity index (χ4v) is 4.90. The number of pyridine rings is 1. The number of ether oxygens (including phenoxy) is 2. The third-order valence-electron chi connectivity index (χ3n) is 6.16. The molecule has 0 bridgehead atoms. The molecule has 32 heavy (non-hydrogen) atoms. The van der Waals surface area contributed by atoms with E-state index < -0.39 is 8.07 Å². The standard InChI is InChI=1S/C22H31ClN6O2Si/c1-32(2,3)9-8-30-14-29-20(15-4-5-15)26-27-21(29)16-10-18-22(24-12-16)28(19(11-23)25-18)13-17-6-7-31-17/h10,12,15,17H,4-9,11,13-14H2,1-3H3. The van der Waals surface area contributed by atoms with Crippen LogP contribution in [0.15, 0.2) is 12.3 Å². The normalized spacial score (nSPS) is 18.9. The van der Waals surface area contributed by atoms with Crippen molar-refractivity contribution in [3.05, 3.63) is 23.9 Å². The van der Waals surface area contributed by atoms with Gasteiger partial charge in [-0.3, -0.25) is 4.57 Å². The summed E-state index contributed by atoms with van der Waals surface area (Å²) in [6.07, 6.45) is 5.46. The van der Waals surface area contributed by atoms with E-state index in [1.54, 1.807) is 0 Å². The fraction of sp³-hybridized carbons (Fsp3) is 0.636. The van der Waals surface area contributed by atoms with Gasteiger partial charge < -0.3 is 14.0 Å². The van der Waals surface area contributed by atoms with Crippen molar-refractivity contribution >= 4 is 30.8 Å². The van der Waals surface area contributed by atoms with Crippen molar-refractivity contribution < 1.29 is 9.47 Å². The second kappa shape index (κ2) is 8.85. The van der Waals surface area contributed by atoms with Crippen LogP contribution in [0.25, 0.3) is 22.6 Å². The first kappa shape index (κ1) is 22.0. The predicted molar refractivity (Wildman–Crippen MR) is 127 cm³/mol. The smallest absolute Gasteiger partial charge is 0.167 e. The van der Waals surface area contributed by atoms with Crippen molar-refractivity contribution in [2.75, 3.05) is 13.2 Å². The Balaban J connectivity index is 1.42.